The second kappa shape index (κ2) is 11.0. The highest BCUT2D eigenvalue weighted by Crippen LogP contribution is 2.39. The minimum atomic E-state index is -0.476. The van der Waals surface area contributed by atoms with E-state index in [9.17, 15) is 9.65 Å². The average Bonchev–Trinajstić information content (AvgIpc) is 3.69. The van der Waals surface area contributed by atoms with Crippen molar-refractivity contribution in [3.63, 3.8) is 0 Å². The van der Waals surface area contributed by atoms with Crippen molar-refractivity contribution >= 4 is 5.69 Å². The minimum absolute atomic E-state index is 0.0741. The van der Waals surface area contributed by atoms with Gasteiger partial charge in [-0.1, -0.05) is 26.0 Å². The Morgan fingerprint density at radius 1 is 1.14 bits per heavy atom. The normalized spacial score (nSPS) is 23.3. The van der Waals surface area contributed by atoms with Gasteiger partial charge >= 0.3 is 0 Å². The number of nitrogens with one attached hydrogen (secondary N) is 2. The molecule has 7 heteroatoms. The molecule has 3 fully saturated rings. The molecule has 2 aromatic rings. The lowest BCUT2D eigenvalue weighted by molar-refractivity contribution is 0.0292. The molecule has 2 unspecified atom stereocenters. The predicted molar refractivity (Wildman–Crippen MR) is 141 cm³/mol. The minimum Gasteiger partial charge on any atom is -0.375 e. The topological polar surface area (TPSA) is 63.6 Å². The maximum Gasteiger partial charge on any atom is 0.141 e. The summed E-state index contributed by atoms with van der Waals surface area (Å²) in [6.45, 7) is 9.10. The predicted octanol–water partition coefficient (Wildman–Crippen LogP) is 4.22. The Hall–Kier alpha value is -2.92. The third-order valence-electron chi connectivity index (χ3n) is 7.37. The van der Waals surface area contributed by atoms with Crippen molar-refractivity contribution in [1.82, 2.24) is 15.8 Å². The van der Waals surface area contributed by atoms with Crippen LogP contribution in [0.1, 0.15) is 37.8 Å². The number of ether oxygens (including phenoxy) is 1. The van der Waals surface area contributed by atoms with Crippen LogP contribution in [0.3, 0.4) is 0 Å². The molecular weight excluding hydrogens is 453 g/mol. The van der Waals surface area contributed by atoms with Crippen LogP contribution in [0.15, 0.2) is 48.2 Å². The van der Waals surface area contributed by atoms with Crippen molar-refractivity contribution in [2.75, 3.05) is 44.2 Å². The number of hydrogen-bond donors (Lipinski definition) is 2. The van der Waals surface area contributed by atoms with E-state index in [1.54, 1.807) is 6.07 Å². The van der Waals surface area contributed by atoms with Gasteiger partial charge in [-0.3, -0.25) is 0 Å². The second-order valence-corrected chi connectivity index (χ2v) is 9.78. The van der Waals surface area contributed by atoms with Crippen LogP contribution in [0, 0.1) is 23.1 Å². The van der Waals surface area contributed by atoms with Gasteiger partial charge in [0, 0.05) is 42.6 Å². The number of hydrogen-bond acceptors (Lipinski definition) is 6. The van der Waals surface area contributed by atoms with E-state index in [1.165, 1.54) is 30.2 Å². The lowest BCUT2D eigenvalue weighted by Crippen LogP contribution is -2.49. The summed E-state index contributed by atoms with van der Waals surface area (Å²) in [5, 5.41) is 14.9. The number of nitrogens with zero attached hydrogens (tertiary/aromatic N) is 3. The molecule has 2 aromatic carbocycles. The Kier molecular flexibility index (Phi) is 7.56. The third-order valence-corrected chi connectivity index (χ3v) is 7.37. The summed E-state index contributed by atoms with van der Waals surface area (Å²) < 4.78 is 20.5. The van der Waals surface area contributed by atoms with E-state index in [0.717, 1.165) is 68.5 Å². The zero-order valence-electron chi connectivity index (χ0n) is 21.3. The molecule has 0 bridgehead atoms. The van der Waals surface area contributed by atoms with Gasteiger partial charge in [0.25, 0.3) is 0 Å². The van der Waals surface area contributed by atoms with E-state index in [1.807, 2.05) is 26.0 Å². The first kappa shape index (κ1) is 24.8. The second-order valence-electron chi connectivity index (χ2n) is 9.78. The Balaban J connectivity index is 0.00000130. The Bertz CT molecular complexity index is 1150. The lowest BCUT2D eigenvalue weighted by atomic mass is 9.96. The van der Waals surface area contributed by atoms with Gasteiger partial charge in [-0.05, 0) is 66.6 Å². The van der Waals surface area contributed by atoms with Crippen LogP contribution < -0.4 is 15.6 Å². The van der Waals surface area contributed by atoms with E-state index >= 15 is 0 Å². The Morgan fingerprint density at radius 2 is 2.00 bits per heavy atom. The quantitative estimate of drug-likeness (QED) is 0.656. The summed E-state index contributed by atoms with van der Waals surface area (Å²) in [4.78, 5) is 2.40. The monoisotopic (exact) mass is 489 g/mol. The summed E-state index contributed by atoms with van der Waals surface area (Å²) >= 11 is 0. The molecule has 0 aromatic heterocycles. The van der Waals surface area contributed by atoms with Crippen molar-refractivity contribution in [1.29, 1.82) is 5.26 Å². The lowest BCUT2D eigenvalue weighted by Gasteiger charge is -2.38. The first-order valence-electron chi connectivity index (χ1n) is 13.3. The van der Waals surface area contributed by atoms with Crippen LogP contribution in [0.2, 0.25) is 0 Å². The number of rotatable bonds is 5. The molecule has 6 nitrogen and oxygen atoms in total. The molecule has 3 aliphatic heterocycles. The van der Waals surface area contributed by atoms with Gasteiger partial charge < -0.3 is 20.0 Å². The number of anilines is 1. The molecule has 2 saturated heterocycles. The van der Waals surface area contributed by atoms with Crippen molar-refractivity contribution in [2.45, 2.75) is 45.3 Å². The first-order chi connectivity index (χ1) is 17.7. The van der Waals surface area contributed by atoms with Crippen LogP contribution >= 0.6 is 0 Å². The van der Waals surface area contributed by atoms with Crippen LogP contribution in [-0.4, -0.2) is 56.5 Å². The average molecular weight is 490 g/mol. The number of hydrazine groups is 1. The zero-order valence-corrected chi connectivity index (χ0v) is 21.3. The summed E-state index contributed by atoms with van der Waals surface area (Å²) in [6, 6.07) is 13.9. The van der Waals surface area contributed by atoms with Gasteiger partial charge in [0.05, 0.1) is 31.4 Å². The van der Waals surface area contributed by atoms with E-state index in [4.69, 9.17) is 4.74 Å². The van der Waals surface area contributed by atoms with Gasteiger partial charge in [0.15, 0.2) is 0 Å². The molecule has 0 spiro atoms. The summed E-state index contributed by atoms with van der Waals surface area (Å²) in [6.07, 6.45) is 5.98. The van der Waals surface area contributed by atoms with Crippen LogP contribution in [0.4, 0.5) is 10.1 Å². The fourth-order valence-electron chi connectivity index (χ4n) is 5.35. The van der Waals surface area contributed by atoms with Gasteiger partial charge in [-0.15, -0.1) is 0 Å². The number of morpholine rings is 1. The van der Waals surface area contributed by atoms with E-state index in [-0.39, 0.29) is 11.7 Å². The summed E-state index contributed by atoms with van der Waals surface area (Å²) in [5.74, 6) is 0.301. The Labute approximate surface area is 213 Å². The molecule has 0 radical (unpaired) electrons. The van der Waals surface area contributed by atoms with Crippen LogP contribution in [0.25, 0.3) is 11.1 Å². The highest BCUT2D eigenvalue weighted by atomic mass is 19.1. The van der Waals surface area contributed by atoms with E-state index in [0.29, 0.717) is 6.04 Å². The number of nitriles is 1. The first-order valence-corrected chi connectivity index (χ1v) is 13.3. The van der Waals surface area contributed by atoms with Crippen molar-refractivity contribution in [3.05, 3.63) is 65.1 Å². The molecule has 0 amide bonds. The standard InChI is InChI=1S/C27H30FN5O.C2H6/c28-25-13-20(4-5-21(25)15-29)24-12-18(11-23-16-30-7-10-34-23)1-6-27(24)32-8-9-33-22(17-32)14-26(31-33)19-2-3-19;1-2/h1,4-6,12-14,19,23,26,30-31H,2-3,7-11,16-17H2;1-2H3. The molecule has 190 valence electrons. The molecular formula is C29H36FN5O. The Morgan fingerprint density at radius 3 is 2.72 bits per heavy atom. The zero-order chi connectivity index (χ0) is 25.1. The third kappa shape index (κ3) is 5.27. The molecule has 2 N–H and O–H groups in total. The molecule has 6 rings (SSSR count). The number of piperazine rings is 1. The largest absolute Gasteiger partial charge is 0.375 e. The van der Waals surface area contributed by atoms with E-state index < -0.39 is 5.82 Å². The molecule has 3 heterocycles. The smallest absolute Gasteiger partial charge is 0.141 e. The molecule has 36 heavy (non-hydrogen) atoms. The molecule has 2 atom stereocenters. The molecule has 1 aliphatic carbocycles. The van der Waals surface area contributed by atoms with Gasteiger partial charge in [-0.2, -0.15) is 5.26 Å². The molecule has 4 aliphatic rings. The summed E-state index contributed by atoms with van der Waals surface area (Å²) in [5.41, 5.74) is 9.14. The number of benzene rings is 2. The van der Waals surface area contributed by atoms with E-state index in [2.05, 4.69) is 44.9 Å². The van der Waals surface area contributed by atoms with Gasteiger partial charge in [-0.25, -0.2) is 9.82 Å². The maximum atomic E-state index is 14.6. The SMILES string of the molecule is CC.N#Cc1ccc(-c2cc(CC3CNCCO3)ccc2N2CCN3NC(C4CC4)C=C3C2)cc1F. The van der Waals surface area contributed by atoms with Gasteiger partial charge in [0.1, 0.15) is 11.9 Å². The number of fused-ring (bicyclic) bond motifs is 1. The maximum absolute atomic E-state index is 14.6. The fourth-order valence-corrected chi connectivity index (χ4v) is 5.35. The fraction of sp³-hybridized carbons (Fsp3) is 0.483. The number of halogens is 1. The van der Waals surface area contributed by atoms with Crippen molar-refractivity contribution < 1.29 is 9.13 Å². The van der Waals surface area contributed by atoms with Crippen molar-refractivity contribution in [3.8, 4) is 17.2 Å². The molecule has 1 saturated carbocycles. The van der Waals surface area contributed by atoms with Gasteiger partial charge in [0.2, 0.25) is 0 Å². The summed E-state index contributed by atoms with van der Waals surface area (Å²) in [7, 11) is 0. The highest BCUT2D eigenvalue weighted by Gasteiger charge is 2.37. The van der Waals surface area contributed by atoms with Crippen molar-refractivity contribution in [2.24, 2.45) is 5.92 Å². The van der Waals surface area contributed by atoms with Crippen LogP contribution in [-0.2, 0) is 11.2 Å². The van der Waals surface area contributed by atoms with Crippen LogP contribution in [0.5, 0.6) is 0 Å². The highest BCUT2D eigenvalue weighted by molar-refractivity contribution is 5.80.